The third-order valence-electron chi connectivity index (χ3n) is 4.07. The van der Waals surface area contributed by atoms with Crippen molar-refractivity contribution in [1.82, 2.24) is 9.97 Å². The summed E-state index contributed by atoms with van der Waals surface area (Å²) in [6, 6.07) is 7.78. The topological polar surface area (TPSA) is 58.0 Å². The molecule has 0 radical (unpaired) electrons. The number of fused-ring (bicyclic) bond motifs is 1. The second-order valence-electron chi connectivity index (χ2n) is 5.48. The van der Waals surface area contributed by atoms with Gasteiger partial charge in [-0.25, -0.2) is 9.97 Å². The Labute approximate surface area is 123 Å². The molecule has 1 saturated carbocycles. The lowest BCUT2D eigenvalue weighted by Crippen LogP contribution is -2.44. The van der Waals surface area contributed by atoms with E-state index in [1.165, 1.54) is 6.42 Å². The fourth-order valence-corrected chi connectivity index (χ4v) is 3.12. The minimum Gasteiger partial charge on any atom is -0.394 e. The summed E-state index contributed by atoms with van der Waals surface area (Å²) in [4.78, 5) is 8.55. The molecule has 1 aliphatic rings. The fourth-order valence-electron chi connectivity index (χ4n) is 2.95. The molecule has 1 fully saturated rings. The van der Waals surface area contributed by atoms with Crippen LogP contribution >= 0.6 is 11.6 Å². The number of nitrogens with one attached hydrogen (secondary N) is 1. The van der Waals surface area contributed by atoms with Crippen LogP contribution in [0.15, 0.2) is 24.3 Å². The zero-order chi connectivity index (χ0) is 14.0. The normalized spacial score (nSPS) is 18.1. The number of benzene rings is 1. The average Bonchev–Trinajstić information content (AvgIpc) is 2.48. The zero-order valence-corrected chi connectivity index (χ0v) is 12.0. The average molecular weight is 292 g/mol. The summed E-state index contributed by atoms with van der Waals surface area (Å²) in [6.07, 6.45) is 5.40. The van der Waals surface area contributed by atoms with E-state index in [4.69, 9.17) is 11.6 Å². The zero-order valence-electron chi connectivity index (χ0n) is 11.3. The molecule has 3 rings (SSSR count). The number of para-hydroxylation sites is 1. The van der Waals surface area contributed by atoms with Crippen molar-refractivity contribution in [3.05, 3.63) is 29.5 Å². The lowest BCUT2D eigenvalue weighted by molar-refractivity contribution is 0.172. The van der Waals surface area contributed by atoms with Crippen LogP contribution in [0.1, 0.15) is 32.1 Å². The highest BCUT2D eigenvalue weighted by Crippen LogP contribution is 2.33. The molecule has 1 aliphatic carbocycles. The summed E-state index contributed by atoms with van der Waals surface area (Å²) in [6.45, 7) is 0.114. The lowest BCUT2D eigenvalue weighted by Gasteiger charge is -2.37. The Morgan fingerprint density at radius 1 is 1.15 bits per heavy atom. The molecule has 1 heterocycles. The highest BCUT2D eigenvalue weighted by Gasteiger charge is 2.32. The van der Waals surface area contributed by atoms with Crippen molar-refractivity contribution in [2.24, 2.45) is 0 Å². The lowest BCUT2D eigenvalue weighted by atomic mass is 9.82. The predicted octanol–water partition coefficient (Wildman–Crippen LogP) is 3.39. The van der Waals surface area contributed by atoms with Gasteiger partial charge in [0.1, 0.15) is 5.82 Å². The number of hydrogen-bond donors (Lipinski definition) is 2. The Hall–Kier alpha value is -1.39. The molecule has 0 spiro atoms. The molecule has 2 aromatic rings. The molecule has 106 valence electrons. The highest BCUT2D eigenvalue weighted by atomic mass is 35.5. The monoisotopic (exact) mass is 291 g/mol. The smallest absolute Gasteiger partial charge is 0.224 e. The van der Waals surface area contributed by atoms with Gasteiger partial charge >= 0.3 is 0 Å². The van der Waals surface area contributed by atoms with E-state index in [0.29, 0.717) is 0 Å². The summed E-state index contributed by atoms with van der Waals surface area (Å²) in [7, 11) is 0. The van der Waals surface area contributed by atoms with Crippen LogP contribution in [0.5, 0.6) is 0 Å². The first-order valence-electron chi connectivity index (χ1n) is 7.04. The first-order valence-corrected chi connectivity index (χ1v) is 7.42. The standard InChI is InChI=1S/C15H18ClN3O/c16-14-17-12-7-3-2-6-11(12)13(18-14)19-15(10-20)8-4-1-5-9-15/h2-3,6-7,20H,1,4-5,8-10H2,(H,17,18,19). The molecule has 1 aromatic carbocycles. The molecule has 0 unspecified atom stereocenters. The van der Waals surface area contributed by atoms with Crippen LogP contribution in [0.2, 0.25) is 5.28 Å². The van der Waals surface area contributed by atoms with Gasteiger partial charge in [0.2, 0.25) is 5.28 Å². The first kappa shape index (κ1) is 13.6. The Bertz CT molecular complexity index is 611. The van der Waals surface area contributed by atoms with E-state index in [2.05, 4.69) is 15.3 Å². The Morgan fingerprint density at radius 2 is 1.90 bits per heavy atom. The molecule has 0 atom stereocenters. The summed E-state index contributed by atoms with van der Waals surface area (Å²) >= 11 is 6.01. The van der Waals surface area contributed by atoms with Crippen LogP contribution in [0.4, 0.5) is 5.82 Å². The Morgan fingerprint density at radius 3 is 2.65 bits per heavy atom. The van der Waals surface area contributed by atoms with Crippen molar-refractivity contribution in [2.45, 2.75) is 37.6 Å². The van der Waals surface area contributed by atoms with Gasteiger partial charge in [-0.15, -0.1) is 0 Å². The summed E-state index contributed by atoms with van der Waals surface area (Å²) < 4.78 is 0. The SMILES string of the molecule is OCC1(Nc2nc(Cl)nc3ccccc23)CCCCC1. The van der Waals surface area contributed by atoms with Gasteiger partial charge in [0, 0.05) is 5.39 Å². The second-order valence-corrected chi connectivity index (χ2v) is 5.82. The van der Waals surface area contributed by atoms with Crippen molar-refractivity contribution < 1.29 is 5.11 Å². The number of nitrogens with zero attached hydrogens (tertiary/aromatic N) is 2. The molecule has 4 nitrogen and oxygen atoms in total. The second kappa shape index (κ2) is 5.54. The van der Waals surface area contributed by atoms with Crippen molar-refractivity contribution >= 4 is 28.3 Å². The summed E-state index contributed by atoms with van der Waals surface area (Å²) in [5.74, 6) is 0.719. The number of aliphatic hydroxyl groups excluding tert-OH is 1. The maximum atomic E-state index is 9.81. The quantitative estimate of drug-likeness (QED) is 0.851. The number of aromatic nitrogens is 2. The van der Waals surface area contributed by atoms with E-state index >= 15 is 0 Å². The van der Waals surface area contributed by atoms with E-state index in [0.717, 1.165) is 42.4 Å². The van der Waals surface area contributed by atoms with Crippen molar-refractivity contribution in [3.63, 3.8) is 0 Å². The number of rotatable bonds is 3. The van der Waals surface area contributed by atoms with Gasteiger partial charge in [-0.2, -0.15) is 0 Å². The summed E-state index contributed by atoms with van der Waals surface area (Å²) in [5, 5.41) is 14.4. The van der Waals surface area contributed by atoms with Gasteiger partial charge in [-0.1, -0.05) is 31.4 Å². The van der Waals surface area contributed by atoms with Gasteiger partial charge in [0.15, 0.2) is 0 Å². The largest absolute Gasteiger partial charge is 0.394 e. The van der Waals surface area contributed by atoms with Crippen LogP contribution in [0.25, 0.3) is 10.9 Å². The Balaban J connectivity index is 2.01. The molecule has 20 heavy (non-hydrogen) atoms. The molecule has 0 aliphatic heterocycles. The van der Waals surface area contributed by atoms with Crippen LogP contribution in [0, 0.1) is 0 Å². The van der Waals surface area contributed by atoms with Gasteiger partial charge < -0.3 is 10.4 Å². The van der Waals surface area contributed by atoms with Crippen LogP contribution in [-0.4, -0.2) is 27.2 Å². The van der Waals surface area contributed by atoms with E-state index in [-0.39, 0.29) is 17.4 Å². The molecule has 2 N–H and O–H groups in total. The van der Waals surface area contributed by atoms with Gasteiger partial charge in [-0.3, -0.25) is 0 Å². The third-order valence-corrected chi connectivity index (χ3v) is 4.24. The number of aliphatic hydroxyl groups is 1. The van der Waals surface area contributed by atoms with Gasteiger partial charge in [0.25, 0.3) is 0 Å². The Kier molecular flexibility index (Phi) is 3.76. The molecule has 0 saturated heterocycles. The number of hydrogen-bond acceptors (Lipinski definition) is 4. The van der Waals surface area contributed by atoms with Crippen LogP contribution in [-0.2, 0) is 0 Å². The van der Waals surface area contributed by atoms with Gasteiger partial charge in [-0.05, 0) is 36.6 Å². The van der Waals surface area contributed by atoms with Crippen molar-refractivity contribution in [1.29, 1.82) is 0 Å². The minimum atomic E-state index is -0.279. The third kappa shape index (κ3) is 2.58. The predicted molar refractivity (Wildman–Crippen MR) is 81.1 cm³/mol. The van der Waals surface area contributed by atoms with Crippen LogP contribution in [0.3, 0.4) is 0 Å². The van der Waals surface area contributed by atoms with E-state index in [1.807, 2.05) is 24.3 Å². The molecule has 1 aromatic heterocycles. The number of halogens is 1. The van der Waals surface area contributed by atoms with Crippen molar-refractivity contribution in [2.75, 3.05) is 11.9 Å². The molecule has 0 bridgehead atoms. The van der Waals surface area contributed by atoms with Crippen LogP contribution < -0.4 is 5.32 Å². The fraction of sp³-hybridized carbons (Fsp3) is 0.467. The maximum absolute atomic E-state index is 9.81. The van der Waals surface area contributed by atoms with E-state index in [9.17, 15) is 5.11 Å². The van der Waals surface area contributed by atoms with E-state index in [1.54, 1.807) is 0 Å². The molecular formula is C15H18ClN3O. The highest BCUT2D eigenvalue weighted by molar-refractivity contribution is 6.28. The molecular weight excluding hydrogens is 274 g/mol. The van der Waals surface area contributed by atoms with E-state index < -0.39 is 0 Å². The first-order chi connectivity index (χ1) is 9.72. The maximum Gasteiger partial charge on any atom is 0.224 e. The number of anilines is 1. The molecule has 0 amide bonds. The minimum absolute atomic E-state index is 0.114. The summed E-state index contributed by atoms with van der Waals surface area (Å²) in [5.41, 5.74) is 0.539. The van der Waals surface area contributed by atoms with Crippen molar-refractivity contribution in [3.8, 4) is 0 Å². The van der Waals surface area contributed by atoms with Gasteiger partial charge in [0.05, 0.1) is 17.7 Å². The molecule has 5 heteroatoms.